The number of halogens is 2. The van der Waals surface area contributed by atoms with E-state index in [1.165, 1.54) is 32.4 Å². The van der Waals surface area contributed by atoms with Crippen LogP contribution < -0.4 is 24.5 Å². The highest BCUT2D eigenvalue weighted by atomic mass is 35.5. The molecule has 4 aromatic rings. The monoisotopic (exact) mass is 818 g/mol. The lowest BCUT2D eigenvalue weighted by molar-refractivity contribution is -0.142. The Morgan fingerprint density at radius 2 is 1.39 bits per heavy atom. The first-order valence-electron chi connectivity index (χ1n) is 17.2. The van der Waals surface area contributed by atoms with Gasteiger partial charge in [-0.3, -0.25) is 14.4 Å². The van der Waals surface area contributed by atoms with Crippen molar-refractivity contribution in [3.05, 3.63) is 112 Å². The van der Waals surface area contributed by atoms with E-state index >= 15 is 0 Å². The van der Waals surface area contributed by atoms with Crippen LogP contribution in [0.15, 0.2) is 85.1 Å². The lowest BCUT2D eigenvalue weighted by Gasteiger charge is -2.37. The minimum atomic E-state index is -4.35. The van der Waals surface area contributed by atoms with Crippen molar-refractivity contribution < 1.29 is 37.3 Å². The van der Waals surface area contributed by atoms with Crippen LogP contribution in [0, 0.1) is 0 Å². The molecule has 1 saturated heterocycles. The van der Waals surface area contributed by atoms with Gasteiger partial charge in [-0.15, -0.1) is 0 Å². The molecular formula is C36H42Cl2N6O8P2. The summed E-state index contributed by atoms with van der Waals surface area (Å²) < 4.78 is 48.2. The molecule has 3 atom stereocenters. The zero-order valence-corrected chi connectivity index (χ0v) is 33.4. The van der Waals surface area contributed by atoms with Gasteiger partial charge in [0.2, 0.25) is 0 Å². The van der Waals surface area contributed by atoms with Crippen molar-refractivity contribution in [2.75, 3.05) is 20.2 Å². The van der Waals surface area contributed by atoms with E-state index in [1.807, 2.05) is 19.9 Å². The highest BCUT2D eigenvalue weighted by Gasteiger charge is 2.39. The van der Waals surface area contributed by atoms with Gasteiger partial charge in [0.05, 0.1) is 22.7 Å². The Balaban J connectivity index is 1.43. The van der Waals surface area contributed by atoms with Gasteiger partial charge < -0.3 is 19.1 Å². The predicted molar refractivity (Wildman–Crippen MR) is 206 cm³/mol. The van der Waals surface area contributed by atoms with Crippen LogP contribution in [0.4, 0.5) is 0 Å². The Morgan fingerprint density at radius 1 is 0.833 bits per heavy atom. The van der Waals surface area contributed by atoms with Crippen LogP contribution in [-0.4, -0.2) is 70.2 Å². The van der Waals surface area contributed by atoms with E-state index in [0.717, 1.165) is 4.45 Å². The summed E-state index contributed by atoms with van der Waals surface area (Å²) >= 11 is 12.7. The minimum absolute atomic E-state index is 0.0469. The molecule has 1 amide bonds. The highest BCUT2D eigenvalue weighted by molar-refractivity contribution is 7.55. The zero-order valence-electron chi connectivity index (χ0n) is 30.1. The molecule has 1 aliphatic heterocycles. The van der Waals surface area contributed by atoms with E-state index < -0.39 is 45.5 Å². The Labute approximate surface area is 323 Å². The molecule has 1 fully saturated rings. The Kier molecular flexibility index (Phi) is 13.8. The average Bonchev–Trinajstić information content (AvgIpc) is 3.56. The molecule has 54 heavy (non-hydrogen) atoms. The molecule has 0 radical (unpaired) electrons. The number of para-hydroxylation sites is 2. The number of ketones is 1. The smallest absolute Gasteiger partial charge is 0.440 e. The summed E-state index contributed by atoms with van der Waals surface area (Å²) in [6, 6.07) is 20.1. The van der Waals surface area contributed by atoms with Gasteiger partial charge in [0.25, 0.3) is 5.91 Å². The van der Waals surface area contributed by atoms with Crippen molar-refractivity contribution in [1.29, 1.82) is 0 Å². The molecule has 2 unspecified atom stereocenters. The number of hydrogen-bond donors (Lipinski definition) is 3. The Hall–Kier alpha value is -4.00. The van der Waals surface area contributed by atoms with Crippen LogP contribution in [0.1, 0.15) is 60.0 Å². The number of rotatable bonds is 16. The maximum absolute atomic E-state index is 14.6. The molecule has 14 nitrogen and oxygen atoms in total. The zero-order chi connectivity index (χ0) is 39.0. The fraction of sp³-hybridized carbons (Fsp3) is 0.333. The van der Waals surface area contributed by atoms with Crippen molar-refractivity contribution in [2.24, 2.45) is 0 Å². The maximum atomic E-state index is 14.6. The fourth-order valence-corrected chi connectivity index (χ4v) is 10.3. The first-order chi connectivity index (χ1) is 25.7. The topological polar surface area (TPSA) is 170 Å². The van der Waals surface area contributed by atoms with Crippen molar-refractivity contribution in [3.63, 3.8) is 0 Å². The summed E-state index contributed by atoms with van der Waals surface area (Å²) in [5, 5.41) is 13.4. The average molecular weight is 820 g/mol. The SMILES string of the molecule is COC(=O)[C@H](C)NP(=O)(Oc1ccccc1)n1cc(CC(=O)c2c(Cl)cccc2Cl)c(C(=O)NC2CCN(P(=O)(NC(C)C)Oc3ccccc3)CC2)n1. The van der Waals surface area contributed by atoms with E-state index in [4.69, 9.17) is 37.0 Å². The van der Waals surface area contributed by atoms with E-state index in [9.17, 15) is 23.5 Å². The molecule has 0 spiro atoms. The molecule has 3 aromatic carbocycles. The summed E-state index contributed by atoms with van der Waals surface area (Å²) in [4.78, 5) is 40.1. The van der Waals surface area contributed by atoms with E-state index in [1.54, 1.807) is 65.3 Å². The Bertz CT molecular complexity index is 2020. The van der Waals surface area contributed by atoms with E-state index in [0.29, 0.717) is 31.7 Å². The van der Waals surface area contributed by atoms with Gasteiger partial charge in [-0.2, -0.15) is 9.55 Å². The number of carbonyl (C=O) groups is 3. The van der Waals surface area contributed by atoms with Crippen molar-refractivity contribution in [1.82, 2.24) is 29.7 Å². The second-order valence-corrected chi connectivity index (χ2v) is 17.6. The fourth-order valence-electron chi connectivity index (χ4n) is 5.75. The number of ether oxygens (including phenoxy) is 1. The first kappa shape index (κ1) is 41.2. The molecule has 0 saturated carbocycles. The molecule has 5 rings (SSSR count). The van der Waals surface area contributed by atoms with Gasteiger partial charge in [-0.1, -0.05) is 65.7 Å². The third kappa shape index (κ3) is 10.2. The number of carbonyl (C=O) groups excluding carboxylic acids is 3. The number of piperidine rings is 1. The lowest BCUT2D eigenvalue weighted by atomic mass is 10.0. The highest BCUT2D eigenvalue weighted by Crippen LogP contribution is 2.49. The third-order valence-electron chi connectivity index (χ3n) is 8.31. The number of Topliss-reactive ketones (excluding diaryl/α,β-unsaturated/α-hetero) is 1. The van der Waals surface area contributed by atoms with Crippen LogP contribution in [-0.2, 0) is 25.1 Å². The molecule has 1 aromatic heterocycles. The van der Waals surface area contributed by atoms with Crippen LogP contribution in [0.3, 0.4) is 0 Å². The van der Waals surface area contributed by atoms with Crippen LogP contribution in [0.5, 0.6) is 11.5 Å². The van der Waals surface area contributed by atoms with E-state index in [-0.39, 0.29) is 44.7 Å². The second-order valence-electron chi connectivity index (χ2n) is 12.8. The number of esters is 1. The minimum Gasteiger partial charge on any atom is -0.468 e. The first-order valence-corrected chi connectivity index (χ1v) is 21.1. The summed E-state index contributed by atoms with van der Waals surface area (Å²) in [5.41, 5.74) is -0.0687. The van der Waals surface area contributed by atoms with Crippen molar-refractivity contribution in [2.45, 2.75) is 58.2 Å². The summed E-state index contributed by atoms with van der Waals surface area (Å²) in [6.07, 6.45) is 1.68. The van der Waals surface area contributed by atoms with Crippen LogP contribution in [0.2, 0.25) is 10.0 Å². The lowest BCUT2D eigenvalue weighted by Crippen LogP contribution is -2.46. The van der Waals surface area contributed by atoms with Gasteiger partial charge in [0.15, 0.2) is 11.5 Å². The Morgan fingerprint density at radius 3 is 1.93 bits per heavy atom. The largest absolute Gasteiger partial charge is 0.468 e. The van der Waals surface area contributed by atoms with Gasteiger partial charge in [0, 0.05) is 43.4 Å². The summed E-state index contributed by atoms with van der Waals surface area (Å²) in [5.74, 6) is -1.26. The van der Waals surface area contributed by atoms with Crippen LogP contribution in [0.25, 0.3) is 0 Å². The molecule has 0 bridgehead atoms. The standard InChI is InChI=1S/C36H42Cl2N6O8P2/c1-24(2)41-53(48,51-28-12-7-5-8-13-28)43-20-18-27(19-21-43)39-35(46)34-26(22-32(45)33-30(37)16-11-17-31(33)38)23-44(40-34)54(49,42-25(3)36(47)50-4)52-29-14-9-6-10-15-29/h5-17,23-25,27H,18-22H2,1-4H3,(H,39,46)(H,41,48)(H,42,49)/t25-,53?,54?/m0/s1. The predicted octanol–water partition coefficient (Wildman–Crippen LogP) is 7.18. The number of amides is 1. The van der Waals surface area contributed by atoms with Crippen molar-refractivity contribution >= 4 is 56.2 Å². The number of hydrogen-bond acceptors (Lipinski definition) is 9. The van der Waals surface area contributed by atoms with Gasteiger partial charge in [0.1, 0.15) is 17.5 Å². The number of methoxy groups -OCH3 is 1. The number of nitrogens with zero attached hydrogens (tertiary/aromatic N) is 3. The molecule has 2 heterocycles. The molecule has 0 aliphatic carbocycles. The molecular weight excluding hydrogens is 777 g/mol. The number of benzene rings is 3. The molecule has 1 aliphatic rings. The quantitative estimate of drug-likeness (QED) is 0.0592. The third-order valence-corrected chi connectivity index (χ3v) is 13.3. The molecule has 18 heteroatoms. The second kappa shape index (κ2) is 18.1. The molecule has 288 valence electrons. The summed E-state index contributed by atoms with van der Waals surface area (Å²) in [7, 11) is -6.68. The van der Waals surface area contributed by atoms with Gasteiger partial charge in [-0.05, 0) is 70.0 Å². The normalized spacial score (nSPS) is 16.5. The van der Waals surface area contributed by atoms with Crippen molar-refractivity contribution in [3.8, 4) is 11.5 Å². The molecule has 3 N–H and O–H groups in total. The number of aromatic nitrogens is 2. The van der Waals surface area contributed by atoms with E-state index in [2.05, 4.69) is 20.6 Å². The van der Waals surface area contributed by atoms with Gasteiger partial charge >= 0.3 is 21.3 Å². The van der Waals surface area contributed by atoms with Crippen LogP contribution >= 0.6 is 38.5 Å². The van der Waals surface area contributed by atoms with Gasteiger partial charge in [-0.25, -0.2) is 24.0 Å². The number of nitrogens with one attached hydrogen (secondary N) is 3. The maximum Gasteiger partial charge on any atom is 0.440 e. The summed E-state index contributed by atoms with van der Waals surface area (Å²) in [6.45, 7) is 5.85.